The third-order valence-electron chi connectivity index (χ3n) is 3.87. The molecule has 1 aliphatic rings. The second kappa shape index (κ2) is 5.59. The monoisotopic (exact) mass is 266 g/mol. The van der Waals surface area contributed by atoms with Crippen molar-refractivity contribution in [1.82, 2.24) is 19.9 Å². The van der Waals surface area contributed by atoms with Gasteiger partial charge in [0, 0.05) is 31.6 Å². The predicted molar refractivity (Wildman–Crippen MR) is 75.1 cm³/mol. The SMILES string of the molecule is CCN1CCN(C(C)c2nc(C(C)(C)C)no2)CC1. The lowest BCUT2D eigenvalue weighted by Gasteiger charge is -2.36. The minimum absolute atomic E-state index is 0.0532. The van der Waals surface area contributed by atoms with Crippen LogP contribution >= 0.6 is 0 Å². The van der Waals surface area contributed by atoms with Gasteiger partial charge in [-0.05, 0) is 13.5 Å². The van der Waals surface area contributed by atoms with Gasteiger partial charge >= 0.3 is 0 Å². The van der Waals surface area contributed by atoms with Gasteiger partial charge < -0.3 is 9.42 Å². The molecular formula is C14H26N4O. The van der Waals surface area contributed by atoms with Gasteiger partial charge in [-0.1, -0.05) is 32.9 Å². The average molecular weight is 266 g/mol. The first kappa shape index (κ1) is 14.5. The van der Waals surface area contributed by atoms with Gasteiger partial charge in [0.1, 0.15) is 0 Å². The van der Waals surface area contributed by atoms with Crippen LogP contribution in [-0.4, -0.2) is 52.7 Å². The molecule has 0 amide bonds. The fourth-order valence-corrected chi connectivity index (χ4v) is 2.33. The molecule has 1 fully saturated rings. The first-order valence-corrected chi connectivity index (χ1v) is 7.22. The standard InChI is InChI=1S/C14H26N4O/c1-6-17-7-9-18(10-8-17)11(2)12-15-13(16-19-12)14(3,4)5/h11H,6-10H2,1-5H3. The summed E-state index contributed by atoms with van der Waals surface area (Å²) in [5.41, 5.74) is -0.0532. The molecule has 19 heavy (non-hydrogen) atoms. The summed E-state index contributed by atoms with van der Waals surface area (Å²) in [6, 6.07) is 0.211. The van der Waals surface area contributed by atoms with E-state index in [2.05, 4.69) is 54.6 Å². The van der Waals surface area contributed by atoms with E-state index < -0.39 is 0 Å². The molecule has 0 saturated carbocycles. The summed E-state index contributed by atoms with van der Waals surface area (Å²) < 4.78 is 5.44. The van der Waals surface area contributed by atoms with E-state index in [1.807, 2.05) is 0 Å². The Bertz CT molecular complexity index is 402. The number of likely N-dealkylation sites (N-methyl/N-ethyl adjacent to an activating group) is 1. The van der Waals surface area contributed by atoms with E-state index in [1.54, 1.807) is 0 Å². The van der Waals surface area contributed by atoms with Crippen molar-refractivity contribution in [3.05, 3.63) is 11.7 Å². The van der Waals surface area contributed by atoms with Crippen molar-refractivity contribution in [2.75, 3.05) is 32.7 Å². The second-order valence-electron chi connectivity index (χ2n) is 6.35. The number of hydrogen-bond acceptors (Lipinski definition) is 5. The van der Waals surface area contributed by atoms with Crippen LogP contribution in [0.5, 0.6) is 0 Å². The molecule has 2 rings (SSSR count). The summed E-state index contributed by atoms with van der Waals surface area (Å²) >= 11 is 0. The van der Waals surface area contributed by atoms with Crippen LogP contribution in [0.15, 0.2) is 4.52 Å². The first-order chi connectivity index (χ1) is 8.91. The fourth-order valence-electron chi connectivity index (χ4n) is 2.33. The minimum atomic E-state index is -0.0532. The fraction of sp³-hybridized carbons (Fsp3) is 0.857. The molecule has 0 aromatic carbocycles. The lowest BCUT2D eigenvalue weighted by Crippen LogP contribution is -2.46. The summed E-state index contributed by atoms with van der Waals surface area (Å²) in [4.78, 5) is 9.46. The highest BCUT2D eigenvalue weighted by Gasteiger charge is 2.27. The van der Waals surface area contributed by atoms with Gasteiger partial charge in [0.15, 0.2) is 5.82 Å². The minimum Gasteiger partial charge on any atom is -0.338 e. The largest absolute Gasteiger partial charge is 0.338 e. The maximum Gasteiger partial charge on any atom is 0.243 e. The molecule has 0 bridgehead atoms. The van der Waals surface area contributed by atoms with Gasteiger partial charge in [-0.25, -0.2) is 0 Å². The maximum absolute atomic E-state index is 5.44. The lowest BCUT2D eigenvalue weighted by molar-refractivity contribution is 0.0914. The number of piperazine rings is 1. The Morgan fingerprint density at radius 1 is 1.21 bits per heavy atom. The molecule has 0 spiro atoms. The van der Waals surface area contributed by atoms with E-state index in [0.717, 1.165) is 44.4 Å². The summed E-state index contributed by atoms with van der Waals surface area (Å²) in [5, 5.41) is 4.11. The van der Waals surface area contributed by atoms with Gasteiger partial charge in [0.25, 0.3) is 0 Å². The van der Waals surface area contributed by atoms with E-state index in [-0.39, 0.29) is 11.5 Å². The molecule has 5 heteroatoms. The van der Waals surface area contributed by atoms with Gasteiger partial charge in [0.2, 0.25) is 5.89 Å². The van der Waals surface area contributed by atoms with Gasteiger partial charge in [0.05, 0.1) is 6.04 Å². The molecule has 1 aromatic heterocycles. The van der Waals surface area contributed by atoms with Crippen molar-refractivity contribution in [2.45, 2.75) is 46.1 Å². The number of nitrogens with zero attached hydrogens (tertiary/aromatic N) is 4. The lowest BCUT2D eigenvalue weighted by atomic mass is 9.96. The Morgan fingerprint density at radius 2 is 1.84 bits per heavy atom. The zero-order chi connectivity index (χ0) is 14.0. The molecule has 0 radical (unpaired) electrons. The van der Waals surface area contributed by atoms with Crippen LogP contribution < -0.4 is 0 Å². The summed E-state index contributed by atoms with van der Waals surface area (Å²) in [6.45, 7) is 16.2. The van der Waals surface area contributed by atoms with E-state index >= 15 is 0 Å². The van der Waals surface area contributed by atoms with Crippen molar-refractivity contribution < 1.29 is 4.52 Å². The summed E-state index contributed by atoms with van der Waals surface area (Å²) in [6.07, 6.45) is 0. The van der Waals surface area contributed by atoms with Crippen LogP contribution in [0.1, 0.15) is 52.4 Å². The number of aromatic nitrogens is 2. The Hall–Kier alpha value is -0.940. The molecule has 5 nitrogen and oxygen atoms in total. The van der Waals surface area contributed by atoms with Gasteiger partial charge in [-0.15, -0.1) is 0 Å². The third-order valence-corrected chi connectivity index (χ3v) is 3.87. The predicted octanol–water partition coefficient (Wildman–Crippen LogP) is 2.07. The van der Waals surface area contributed by atoms with E-state index in [0.29, 0.717) is 0 Å². The van der Waals surface area contributed by atoms with Crippen LogP contribution in [0.2, 0.25) is 0 Å². The van der Waals surface area contributed by atoms with Crippen molar-refractivity contribution in [1.29, 1.82) is 0 Å². The molecule has 1 saturated heterocycles. The van der Waals surface area contributed by atoms with Crippen LogP contribution in [0.25, 0.3) is 0 Å². The zero-order valence-corrected chi connectivity index (χ0v) is 12.8. The van der Waals surface area contributed by atoms with E-state index in [4.69, 9.17) is 4.52 Å². The Labute approximate surface area is 116 Å². The Morgan fingerprint density at radius 3 is 2.32 bits per heavy atom. The first-order valence-electron chi connectivity index (χ1n) is 7.22. The molecule has 1 atom stereocenters. The Balaban J connectivity index is 2.00. The molecule has 1 aromatic rings. The normalized spacial score (nSPS) is 20.7. The number of hydrogen-bond donors (Lipinski definition) is 0. The van der Waals surface area contributed by atoms with Gasteiger partial charge in [-0.2, -0.15) is 4.98 Å². The molecule has 2 heterocycles. The van der Waals surface area contributed by atoms with Crippen LogP contribution in [0.3, 0.4) is 0 Å². The molecule has 0 aliphatic carbocycles. The molecule has 108 valence electrons. The maximum atomic E-state index is 5.44. The Kier molecular flexibility index (Phi) is 4.26. The average Bonchev–Trinajstić information content (AvgIpc) is 2.87. The topological polar surface area (TPSA) is 45.4 Å². The van der Waals surface area contributed by atoms with Crippen LogP contribution in [0.4, 0.5) is 0 Å². The van der Waals surface area contributed by atoms with Crippen molar-refractivity contribution >= 4 is 0 Å². The van der Waals surface area contributed by atoms with Crippen molar-refractivity contribution in [2.24, 2.45) is 0 Å². The quantitative estimate of drug-likeness (QED) is 0.838. The van der Waals surface area contributed by atoms with Crippen LogP contribution in [0, 0.1) is 0 Å². The van der Waals surface area contributed by atoms with E-state index in [1.165, 1.54) is 0 Å². The highest BCUT2D eigenvalue weighted by atomic mass is 16.5. The van der Waals surface area contributed by atoms with Crippen molar-refractivity contribution in [3.63, 3.8) is 0 Å². The summed E-state index contributed by atoms with van der Waals surface area (Å²) in [5.74, 6) is 1.54. The molecular weight excluding hydrogens is 240 g/mol. The zero-order valence-electron chi connectivity index (χ0n) is 12.8. The van der Waals surface area contributed by atoms with Gasteiger partial charge in [-0.3, -0.25) is 4.90 Å². The van der Waals surface area contributed by atoms with Crippen molar-refractivity contribution in [3.8, 4) is 0 Å². The number of rotatable bonds is 3. The molecule has 0 N–H and O–H groups in total. The highest BCUT2D eigenvalue weighted by molar-refractivity contribution is 5.02. The summed E-state index contributed by atoms with van der Waals surface area (Å²) in [7, 11) is 0. The van der Waals surface area contributed by atoms with Crippen LogP contribution in [-0.2, 0) is 5.41 Å². The molecule has 1 unspecified atom stereocenters. The third kappa shape index (κ3) is 3.34. The van der Waals surface area contributed by atoms with E-state index in [9.17, 15) is 0 Å². The highest BCUT2D eigenvalue weighted by Crippen LogP contribution is 2.24. The molecule has 1 aliphatic heterocycles. The second-order valence-corrected chi connectivity index (χ2v) is 6.35. The smallest absolute Gasteiger partial charge is 0.243 e.